The van der Waals surface area contributed by atoms with Crippen LogP contribution in [-0.4, -0.2) is 14.7 Å². The van der Waals surface area contributed by atoms with E-state index in [9.17, 15) is 8.42 Å². The van der Waals surface area contributed by atoms with Crippen molar-refractivity contribution in [2.45, 2.75) is 6.42 Å². The maximum absolute atomic E-state index is 11.7. The smallest absolute Gasteiger partial charge is 0.182 e. The highest BCUT2D eigenvalue weighted by Crippen LogP contribution is 2.37. The molecule has 84 valence electrons. The van der Waals surface area contributed by atoms with Crippen molar-refractivity contribution in [3.63, 3.8) is 0 Å². The summed E-state index contributed by atoms with van der Waals surface area (Å²) in [5.74, 6) is 0. The van der Waals surface area contributed by atoms with Crippen LogP contribution in [0, 0.1) is 0 Å². The van der Waals surface area contributed by atoms with Gasteiger partial charge < -0.3 is 0 Å². The molecule has 0 aliphatic carbocycles. The first-order valence-electron chi connectivity index (χ1n) is 4.89. The molecule has 0 saturated heterocycles. The van der Waals surface area contributed by atoms with Gasteiger partial charge in [0.2, 0.25) is 0 Å². The van der Waals surface area contributed by atoms with E-state index in [4.69, 9.17) is 0 Å². The highest BCUT2D eigenvalue weighted by molar-refractivity contribution is 8.20. The Morgan fingerprint density at radius 1 is 1.19 bits per heavy atom. The van der Waals surface area contributed by atoms with Crippen molar-refractivity contribution in [3.05, 3.63) is 51.6 Å². The summed E-state index contributed by atoms with van der Waals surface area (Å²) in [5.41, 5.74) is 1.88. The summed E-state index contributed by atoms with van der Waals surface area (Å²) in [6.45, 7) is 0. The van der Waals surface area contributed by atoms with Crippen LogP contribution in [0.25, 0.3) is 5.57 Å². The molecule has 0 amide bonds. The van der Waals surface area contributed by atoms with Gasteiger partial charge in [-0.1, -0.05) is 48.2 Å². The first kappa shape index (κ1) is 11.5. The highest BCUT2D eigenvalue weighted by atomic mass is 32.3. The first-order chi connectivity index (χ1) is 7.59. The van der Waals surface area contributed by atoms with E-state index in [2.05, 4.69) is 0 Å². The van der Waals surface area contributed by atoms with Gasteiger partial charge in [-0.15, -0.1) is 0 Å². The minimum atomic E-state index is -3.13. The quantitative estimate of drug-likeness (QED) is 0.811. The molecule has 0 aromatic heterocycles. The van der Waals surface area contributed by atoms with Gasteiger partial charge in [-0.25, -0.2) is 8.42 Å². The lowest BCUT2D eigenvalue weighted by Crippen LogP contribution is -2.02. The molecule has 2 rings (SSSR count). The number of rotatable bonds is 2. The van der Waals surface area contributed by atoms with Crippen LogP contribution in [0.1, 0.15) is 12.0 Å². The molecule has 1 aromatic rings. The Kier molecular flexibility index (Phi) is 3.21. The summed E-state index contributed by atoms with van der Waals surface area (Å²) in [5, 5.41) is 1.84. The van der Waals surface area contributed by atoms with E-state index in [1.54, 1.807) is 0 Å². The Morgan fingerprint density at radius 3 is 2.50 bits per heavy atom. The minimum absolute atomic E-state index is 0.473. The Morgan fingerprint density at radius 2 is 1.88 bits per heavy atom. The third-order valence-corrected chi connectivity index (χ3v) is 5.20. The van der Waals surface area contributed by atoms with Crippen LogP contribution in [0.3, 0.4) is 0 Å². The molecular formula is C12H12O2S2. The van der Waals surface area contributed by atoms with Crippen molar-refractivity contribution >= 4 is 27.2 Å². The van der Waals surface area contributed by atoms with Gasteiger partial charge in [0, 0.05) is 6.26 Å². The number of hydrogen-bond acceptors (Lipinski definition) is 3. The Hall–Kier alpha value is -1.00. The SMILES string of the molecule is CS(=O)(=O)C1=C(c2ccccc2)CC=CS1. The summed E-state index contributed by atoms with van der Waals surface area (Å²) in [4.78, 5) is 0. The predicted molar refractivity (Wildman–Crippen MR) is 69.6 cm³/mol. The third-order valence-electron chi connectivity index (χ3n) is 2.30. The number of sulfone groups is 1. The molecule has 1 aliphatic rings. The number of allylic oxidation sites excluding steroid dienone is 2. The summed E-state index contributed by atoms with van der Waals surface area (Å²) < 4.78 is 23.8. The van der Waals surface area contributed by atoms with Gasteiger partial charge in [0.05, 0.1) is 0 Å². The summed E-state index contributed by atoms with van der Waals surface area (Å²) in [6.07, 6.45) is 3.93. The lowest BCUT2D eigenvalue weighted by atomic mass is 10.0. The fraction of sp³-hybridized carbons (Fsp3) is 0.167. The number of thioether (sulfide) groups is 1. The van der Waals surface area contributed by atoms with Crippen LogP contribution in [0.5, 0.6) is 0 Å². The fourth-order valence-electron chi connectivity index (χ4n) is 1.62. The van der Waals surface area contributed by atoms with E-state index in [0.717, 1.165) is 11.1 Å². The van der Waals surface area contributed by atoms with Gasteiger partial charge in [-0.3, -0.25) is 0 Å². The van der Waals surface area contributed by atoms with E-state index in [1.165, 1.54) is 18.0 Å². The molecule has 1 aromatic carbocycles. The molecular weight excluding hydrogens is 240 g/mol. The molecule has 0 atom stereocenters. The topological polar surface area (TPSA) is 34.1 Å². The van der Waals surface area contributed by atoms with Gasteiger partial charge >= 0.3 is 0 Å². The normalized spacial score (nSPS) is 16.6. The van der Waals surface area contributed by atoms with Gasteiger partial charge in [0.25, 0.3) is 0 Å². The van der Waals surface area contributed by atoms with Crippen molar-refractivity contribution in [1.82, 2.24) is 0 Å². The van der Waals surface area contributed by atoms with Crippen LogP contribution in [0.2, 0.25) is 0 Å². The van der Waals surface area contributed by atoms with E-state index >= 15 is 0 Å². The first-order valence-corrected chi connectivity index (χ1v) is 7.66. The van der Waals surface area contributed by atoms with Crippen LogP contribution in [0.15, 0.2) is 46.1 Å². The second-order valence-corrected chi connectivity index (χ2v) is 6.73. The zero-order valence-corrected chi connectivity index (χ0v) is 10.5. The second-order valence-electron chi connectivity index (χ2n) is 3.60. The standard InChI is InChI=1S/C12H12O2S2/c1-16(13,14)12-11(8-5-9-15-12)10-6-3-2-4-7-10/h2-7,9H,8H2,1H3. The van der Waals surface area contributed by atoms with Gasteiger partial charge in [-0.05, 0) is 23.0 Å². The average molecular weight is 252 g/mol. The van der Waals surface area contributed by atoms with Crippen molar-refractivity contribution in [2.24, 2.45) is 0 Å². The van der Waals surface area contributed by atoms with E-state index in [0.29, 0.717) is 10.7 Å². The number of hydrogen-bond donors (Lipinski definition) is 0. The Bertz CT molecular complexity index is 540. The van der Waals surface area contributed by atoms with Crippen molar-refractivity contribution in [3.8, 4) is 0 Å². The van der Waals surface area contributed by atoms with Crippen LogP contribution >= 0.6 is 11.8 Å². The predicted octanol–water partition coefficient (Wildman–Crippen LogP) is 3.05. The lowest BCUT2D eigenvalue weighted by molar-refractivity contribution is 0.609. The molecule has 1 heterocycles. The maximum atomic E-state index is 11.7. The van der Waals surface area contributed by atoms with Crippen LogP contribution in [0.4, 0.5) is 0 Å². The van der Waals surface area contributed by atoms with Gasteiger partial charge in [0.1, 0.15) is 4.24 Å². The fourth-order valence-corrected chi connectivity index (χ4v) is 3.79. The van der Waals surface area contributed by atoms with Crippen LogP contribution < -0.4 is 0 Å². The molecule has 16 heavy (non-hydrogen) atoms. The van der Waals surface area contributed by atoms with E-state index in [-0.39, 0.29) is 0 Å². The summed E-state index contributed by atoms with van der Waals surface area (Å²) in [7, 11) is -3.13. The zero-order chi connectivity index (χ0) is 11.6. The van der Waals surface area contributed by atoms with E-state index in [1.807, 2.05) is 41.8 Å². The molecule has 0 N–H and O–H groups in total. The molecule has 0 bridgehead atoms. The molecule has 0 saturated carbocycles. The molecule has 1 aliphatic heterocycles. The van der Waals surface area contributed by atoms with Crippen molar-refractivity contribution < 1.29 is 8.42 Å². The average Bonchev–Trinajstić information content (AvgIpc) is 2.29. The minimum Gasteiger partial charge on any atom is -0.223 e. The maximum Gasteiger partial charge on any atom is 0.182 e. The third kappa shape index (κ3) is 2.39. The lowest BCUT2D eigenvalue weighted by Gasteiger charge is -2.14. The Labute approximate surface area is 100.0 Å². The number of benzene rings is 1. The molecule has 2 nitrogen and oxygen atoms in total. The molecule has 0 radical (unpaired) electrons. The summed E-state index contributed by atoms with van der Waals surface area (Å²) >= 11 is 1.28. The molecule has 0 fully saturated rings. The van der Waals surface area contributed by atoms with E-state index < -0.39 is 9.84 Å². The second kappa shape index (κ2) is 4.47. The molecule has 0 unspecified atom stereocenters. The van der Waals surface area contributed by atoms with Gasteiger partial charge in [0.15, 0.2) is 9.84 Å². The van der Waals surface area contributed by atoms with Crippen molar-refractivity contribution in [2.75, 3.05) is 6.26 Å². The molecule has 0 spiro atoms. The van der Waals surface area contributed by atoms with Gasteiger partial charge in [-0.2, -0.15) is 0 Å². The highest BCUT2D eigenvalue weighted by Gasteiger charge is 2.19. The van der Waals surface area contributed by atoms with Crippen LogP contribution in [-0.2, 0) is 9.84 Å². The largest absolute Gasteiger partial charge is 0.223 e. The Balaban J connectivity index is 2.55. The molecule has 4 heteroatoms. The monoisotopic (exact) mass is 252 g/mol. The zero-order valence-electron chi connectivity index (χ0n) is 8.88. The summed E-state index contributed by atoms with van der Waals surface area (Å²) in [6, 6.07) is 9.66. The van der Waals surface area contributed by atoms with Crippen molar-refractivity contribution in [1.29, 1.82) is 0 Å².